The van der Waals surface area contributed by atoms with E-state index in [1.165, 1.54) is 0 Å². The molecule has 0 spiro atoms. The van der Waals surface area contributed by atoms with E-state index in [0.717, 1.165) is 11.3 Å². The molecule has 1 aromatic carbocycles. The molecule has 1 amide bonds. The number of aromatic nitrogens is 6. The molecule has 26 heavy (non-hydrogen) atoms. The Morgan fingerprint density at radius 2 is 1.96 bits per heavy atom. The Bertz CT molecular complexity index is 1080. The van der Waals surface area contributed by atoms with Gasteiger partial charge in [0.15, 0.2) is 11.5 Å². The first-order valence-corrected chi connectivity index (χ1v) is 8.26. The number of aryl methyl sites for hydroxylation is 1. The second-order valence-corrected chi connectivity index (χ2v) is 6.04. The van der Waals surface area contributed by atoms with Gasteiger partial charge >= 0.3 is 0 Å². The Morgan fingerprint density at radius 3 is 2.77 bits per heavy atom. The molecule has 4 aromatic rings. The van der Waals surface area contributed by atoms with Crippen molar-refractivity contribution >= 4 is 23.2 Å². The summed E-state index contributed by atoms with van der Waals surface area (Å²) in [6.45, 7) is 2.00. The van der Waals surface area contributed by atoms with Crippen molar-refractivity contribution in [2.45, 2.75) is 13.5 Å². The van der Waals surface area contributed by atoms with Gasteiger partial charge in [0.05, 0.1) is 12.2 Å². The highest BCUT2D eigenvalue weighted by atomic mass is 35.5. The second-order valence-electron chi connectivity index (χ2n) is 5.60. The maximum absolute atomic E-state index is 12.4. The predicted octanol–water partition coefficient (Wildman–Crippen LogP) is 2.20. The van der Waals surface area contributed by atoms with Crippen LogP contribution in [0.3, 0.4) is 0 Å². The summed E-state index contributed by atoms with van der Waals surface area (Å²) in [7, 11) is 0. The van der Waals surface area contributed by atoms with Gasteiger partial charge in [0, 0.05) is 11.2 Å². The molecular formula is C17H14ClN7O. The van der Waals surface area contributed by atoms with Crippen molar-refractivity contribution in [3.63, 3.8) is 0 Å². The van der Waals surface area contributed by atoms with Crippen LogP contribution in [-0.4, -0.2) is 35.3 Å². The van der Waals surface area contributed by atoms with Crippen LogP contribution in [0, 0.1) is 6.92 Å². The predicted molar refractivity (Wildman–Crippen MR) is 95.3 cm³/mol. The monoisotopic (exact) mass is 367 g/mol. The molecule has 1 N–H and O–H groups in total. The molecule has 8 nitrogen and oxygen atoms in total. The summed E-state index contributed by atoms with van der Waals surface area (Å²) in [6.07, 6.45) is 1.84. The number of hydrogen-bond acceptors (Lipinski definition) is 5. The zero-order valence-electron chi connectivity index (χ0n) is 13.8. The Morgan fingerprint density at radius 1 is 1.15 bits per heavy atom. The van der Waals surface area contributed by atoms with E-state index >= 15 is 0 Å². The summed E-state index contributed by atoms with van der Waals surface area (Å²) in [6, 6.07) is 12.7. The second kappa shape index (κ2) is 6.57. The molecule has 0 fully saturated rings. The van der Waals surface area contributed by atoms with Gasteiger partial charge in [-0.15, -0.1) is 15.3 Å². The van der Waals surface area contributed by atoms with Gasteiger partial charge in [-0.2, -0.15) is 0 Å². The number of nitrogens with one attached hydrogen (secondary N) is 1. The molecule has 3 heterocycles. The molecule has 0 bridgehead atoms. The molecule has 0 radical (unpaired) electrons. The number of carbonyl (C=O) groups excluding carboxylic acids is 1. The standard InChI is InChI=1S/C17H14ClN7O/c1-11-20-16(23-25(11)13-7-5-12(18)6-8-13)17(26)19-10-15-22-21-14-4-2-3-9-24(14)15/h2-9H,10H2,1H3,(H,19,26). The highest BCUT2D eigenvalue weighted by molar-refractivity contribution is 6.30. The Kier molecular flexibility index (Phi) is 4.10. The minimum Gasteiger partial charge on any atom is -0.342 e. The molecule has 0 saturated carbocycles. The van der Waals surface area contributed by atoms with Gasteiger partial charge in [-0.25, -0.2) is 9.67 Å². The average molecular weight is 368 g/mol. The molecule has 0 atom stereocenters. The number of fused-ring (bicyclic) bond motifs is 1. The number of carbonyl (C=O) groups is 1. The molecule has 4 rings (SSSR count). The zero-order chi connectivity index (χ0) is 18.1. The van der Waals surface area contributed by atoms with Crippen LogP contribution in [-0.2, 0) is 6.54 Å². The van der Waals surface area contributed by atoms with Crippen LogP contribution in [0.5, 0.6) is 0 Å². The molecular weight excluding hydrogens is 354 g/mol. The van der Waals surface area contributed by atoms with Gasteiger partial charge in [0.2, 0.25) is 5.82 Å². The van der Waals surface area contributed by atoms with Gasteiger partial charge in [-0.3, -0.25) is 9.20 Å². The van der Waals surface area contributed by atoms with Crippen molar-refractivity contribution < 1.29 is 4.79 Å². The molecule has 0 saturated heterocycles. The minimum absolute atomic E-state index is 0.0891. The third-order valence-electron chi connectivity index (χ3n) is 3.83. The molecule has 130 valence electrons. The lowest BCUT2D eigenvalue weighted by Crippen LogP contribution is -2.25. The lowest BCUT2D eigenvalue weighted by molar-refractivity contribution is 0.0939. The van der Waals surface area contributed by atoms with E-state index in [2.05, 4.69) is 25.6 Å². The van der Waals surface area contributed by atoms with Gasteiger partial charge in [-0.1, -0.05) is 17.7 Å². The van der Waals surface area contributed by atoms with Crippen molar-refractivity contribution in [3.05, 3.63) is 71.2 Å². The van der Waals surface area contributed by atoms with E-state index in [0.29, 0.717) is 16.7 Å². The van der Waals surface area contributed by atoms with E-state index in [9.17, 15) is 4.79 Å². The normalized spacial score (nSPS) is 11.0. The first kappa shape index (κ1) is 16.2. The van der Waals surface area contributed by atoms with Crippen LogP contribution in [0.2, 0.25) is 5.02 Å². The maximum atomic E-state index is 12.4. The van der Waals surface area contributed by atoms with Crippen LogP contribution in [0.25, 0.3) is 11.3 Å². The Hall–Kier alpha value is -3.26. The van der Waals surface area contributed by atoms with Crippen molar-refractivity contribution in [3.8, 4) is 5.69 Å². The zero-order valence-corrected chi connectivity index (χ0v) is 14.6. The van der Waals surface area contributed by atoms with Crippen molar-refractivity contribution in [1.29, 1.82) is 0 Å². The fraction of sp³-hybridized carbons (Fsp3) is 0.118. The molecule has 3 aromatic heterocycles. The number of pyridine rings is 1. The molecule has 0 aliphatic rings. The number of rotatable bonds is 4. The molecule has 9 heteroatoms. The number of amides is 1. The third kappa shape index (κ3) is 3.02. The Balaban J connectivity index is 1.52. The lowest BCUT2D eigenvalue weighted by Gasteiger charge is -2.02. The Labute approximate surface area is 153 Å². The van der Waals surface area contributed by atoms with Gasteiger partial charge in [0.25, 0.3) is 5.91 Å². The van der Waals surface area contributed by atoms with Crippen LogP contribution >= 0.6 is 11.6 Å². The van der Waals surface area contributed by atoms with E-state index in [1.807, 2.05) is 40.9 Å². The fourth-order valence-electron chi connectivity index (χ4n) is 2.56. The summed E-state index contributed by atoms with van der Waals surface area (Å²) < 4.78 is 3.41. The van der Waals surface area contributed by atoms with E-state index < -0.39 is 0 Å². The van der Waals surface area contributed by atoms with Crippen LogP contribution in [0.1, 0.15) is 22.3 Å². The van der Waals surface area contributed by atoms with Crippen LogP contribution < -0.4 is 5.32 Å². The average Bonchev–Trinajstić information content (AvgIpc) is 3.24. The summed E-state index contributed by atoms with van der Waals surface area (Å²) in [4.78, 5) is 16.6. The van der Waals surface area contributed by atoms with Crippen molar-refractivity contribution in [2.24, 2.45) is 0 Å². The summed E-state index contributed by atoms with van der Waals surface area (Å²) in [5, 5.41) is 15.8. The first-order chi connectivity index (χ1) is 12.6. The third-order valence-corrected chi connectivity index (χ3v) is 4.09. The van der Waals surface area contributed by atoms with Crippen molar-refractivity contribution in [2.75, 3.05) is 0 Å². The van der Waals surface area contributed by atoms with Crippen LogP contribution in [0.15, 0.2) is 48.7 Å². The van der Waals surface area contributed by atoms with Crippen LogP contribution in [0.4, 0.5) is 0 Å². The SMILES string of the molecule is Cc1nc(C(=O)NCc2nnc3ccccn23)nn1-c1ccc(Cl)cc1. The minimum atomic E-state index is -0.381. The summed E-state index contributed by atoms with van der Waals surface area (Å²) >= 11 is 5.90. The number of hydrogen-bond donors (Lipinski definition) is 1. The summed E-state index contributed by atoms with van der Waals surface area (Å²) in [5.74, 6) is 0.938. The highest BCUT2D eigenvalue weighted by Crippen LogP contribution is 2.14. The molecule has 0 aliphatic heterocycles. The van der Waals surface area contributed by atoms with E-state index in [1.54, 1.807) is 23.7 Å². The lowest BCUT2D eigenvalue weighted by atomic mass is 10.3. The number of halogens is 1. The van der Waals surface area contributed by atoms with Gasteiger partial charge in [0.1, 0.15) is 5.82 Å². The molecule has 0 aliphatic carbocycles. The largest absolute Gasteiger partial charge is 0.342 e. The van der Waals surface area contributed by atoms with E-state index in [4.69, 9.17) is 11.6 Å². The first-order valence-electron chi connectivity index (χ1n) is 7.88. The number of nitrogens with zero attached hydrogens (tertiary/aromatic N) is 6. The van der Waals surface area contributed by atoms with Gasteiger partial charge < -0.3 is 5.32 Å². The maximum Gasteiger partial charge on any atom is 0.291 e. The fourth-order valence-corrected chi connectivity index (χ4v) is 2.69. The number of benzene rings is 1. The quantitative estimate of drug-likeness (QED) is 0.597. The highest BCUT2D eigenvalue weighted by Gasteiger charge is 2.16. The molecule has 0 unspecified atom stereocenters. The van der Waals surface area contributed by atoms with E-state index in [-0.39, 0.29) is 18.3 Å². The smallest absolute Gasteiger partial charge is 0.291 e. The topological polar surface area (TPSA) is 90.0 Å². The van der Waals surface area contributed by atoms with Crippen molar-refractivity contribution in [1.82, 2.24) is 34.7 Å². The van der Waals surface area contributed by atoms with Gasteiger partial charge in [-0.05, 0) is 43.3 Å². The summed E-state index contributed by atoms with van der Waals surface area (Å²) in [5.41, 5.74) is 1.50.